The lowest BCUT2D eigenvalue weighted by molar-refractivity contribution is 1.42. The summed E-state index contributed by atoms with van der Waals surface area (Å²) in [5, 5.41) is 1.34. The molecule has 0 bridgehead atoms. The summed E-state index contributed by atoms with van der Waals surface area (Å²) >= 11 is 4.71. The van der Waals surface area contributed by atoms with Gasteiger partial charge in [-0.3, -0.25) is 0 Å². The van der Waals surface area contributed by atoms with E-state index in [1.165, 1.54) is 23.6 Å². The Balaban J connectivity index is 2.92. The van der Waals surface area contributed by atoms with E-state index in [4.69, 9.17) is 0 Å². The topological polar surface area (TPSA) is 15.8 Å². The molecule has 0 aliphatic carbocycles. The van der Waals surface area contributed by atoms with Crippen LogP contribution < -0.4 is 0 Å². The number of benzene rings is 1. The minimum Gasteiger partial charge on any atom is -0.360 e. The zero-order chi connectivity index (χ0) is 8.72. The molecule has 0 unspecified atom stereocenters. The molecule has 3 heteroatoms. The van der Waals surface area contributed by atoms with Gasteiger partial charge in [-0.05, 0) is 69.8 Å². The van der Waals surface area contributed by atoms with Gasteiger partial charge < -0.3 is 4.98 Å². The van der Waals surface area contributed by atoms with Crippen molar-refractivity contribution in [2.24, 2.45) is 0 Å². The standard InChI is InChI=1S/C9H7I2N/c1-5-4-12-9-7(5)2-6(10)3-8(9)11/h2-4,12H,1H3. The summed E-state index contributed by atoms with van der Waals surface area (Å²) in [7, 11) is 0. The Morgan fingerprint density at radius 2 is 2.00 bits per heavy atom. The van der Waals surface area contributed by atoms with Crippen LogP contribution in [0.4, 0.5) is 0 Å². The summed E-state index contributed by atoms with van der Waals surface area (Å²) in [5.74, 6) is 0. The first-order valence-corrected chi connectivity index (χ1v) is 5.77. The predicted molar refractivity (Wildman–Crippen MR) is 68.5 cm³/mol. The molecule has 1 aromatic carbocycles. The Morgan fingerprint density at radius 3 is 2.75 bits per heavy atom. The van der Waals surface area contributed by atoms with Crippen molar-refractivity contribution >= 4 is 56.1 Å². The van der Waals surface area contributed by atoms with Crippen molar-refractivity contribution in [1.29, 1.82) is 0 Å². The van der Waals surface area contributed by atoms with E-state index < -0.39 is 0 Å². The highest BCUT2D eigenvalue weighted by Crippen LogP contribution is 2.25. The maximum absolute atomic E-state index is 3.27. The summed E-state index contributed by atoms with van der Waals surface area (Å²) in [6.07, 6.45) is 2.06. The number of aromatic nitrogens is 1. The zero-order valence-corrected chi connectivity index (χ0v) is 10.8. The molecule has 0 fully saturated rings. The molecular formula is C9H7I2N. The molecular weight excluding hydrogens is 376 g/mol. The van der Waals surface area contributed by atoms with E-state index in [9.17, 15) is 0 Å². The summed E-state index contributed by atoms with van der Waals surface area (Å²) in [6.45, 7) is 2.13. The molecule has 1 aromatic heterocycles. The molecule has 2 aromatic rings. The first-order chi connectivity index (χ1) is 5.68. The lowest BCUT2D eigenvalue weighted by Gasteiger charge is -1.96. The summed E-state index contributed by atoms with van der Waals surface area (Å²) < 4.78 is 2.59. The minimum absolute atomic E-state index is 1.26. The molecule has 1 N–H and O–H groups in total. The molecule has 1 nitrogen and oxygen atoms in total. The van der Waals surface area contributed by atoms with E-state index in [1.807, 2.05) is 0 Å². The molecule has 0 spiro atoms. The Bertz CT molecular complexity index is 431. The van der Waals surface area contributed by atoms with Gasteiger partial charge in [-0.15, -0.1) is 0 Å². The lowest BCUT2D eigenvalue weighted by atomic mass is 10.2. The Labute approximate surface area is 98.2 Å². The molecule has 0 radical (unpaired) electrons. The van der Waals surface area contributed by atoms with Crippen molar-refractivity contribution in [3.8, 4) is 0 Å². The van der Waals surface area contributed by atoms with Gasteiger partial charge >= 0.3 is 0 Å². The van der Waals surface area contributed by atoms with Gasteiger partial charge in [-0.1, -0.05) is 0 Å². The van der Waals surface area contributed by atoms with Gasteiger partial charge in [0.1, 0.15) is 0 Å². The molecule has 0 saturated carbocycles. The number of aromatic amines is 1. The van der Waals surface area contributed by atoms with Gasteiger partial charge in [-0.25, -0.2) is 0 Å². The van der Waals surface area contributed by atoms with Crippen LogP contribution in [0.2, 0.25) is 0 Å². The third kappa shape index (κ3) is 1.37. The van der Waals surface area contributed by atoms with Crippen molar-refractivity contribution in [3.05, 3.63) is 31.0 Å². The first kappa shape index (κ1) is 8.80. The van der Waals surface area contributed by atoms with Crippen LogP contribution in [0.1, 0.15) is 5.56 Å². The molecule has 0 amide bonds. The Morgan fingerprint density at radius 1 is 1.25 bits per heavy atom. The van der Waals surface area contributed by atoms with E-state index in [-0.39, 0.29) is 0 Å². The van der Waals surface area contributed by atoms with E-state index in [0.717, 1.165) is 0 Å². The van der Waals surface area contributed by atoms with Crippen molar-refractivity contribution < 1.29 is 0 Å². The van der Waals surface area contributed by atoms with Gasteiger partial charge in [0, 0.05) is 18.7 Å². The SMILES string of the molecule is Cc1c[nH]c2c(I)cc(I)cc12. The second kappa shape index (κ2) is 3.17. The van der Waals surface area contributed by atoms with Crippen LogP contribution in [-0.2, 0) is 0 Å². The molecule has 0 atom stereocenters. The van der Waals surface area contributed by atoms with Gasteiger partial charge in [0.2, 0.25) is 0 Å². The Kier molecular flexibility index (Phi) is 2.33. The van der Waals surface area contributed by atoms with E-state index in [1.54, 1.807) is 0 Å². The maximum atomic E-state index is 3.27. The molecule has 0 aliphatic rings. The monoisotopic (exact) mass is 383 g/mol. The van der Waals surface area contributed by atoms with E-state index in [2.05, 4.69) is 75.4 Å². The molecule has 12 heavy (non-hydrogen) atoms. The van der Waals surface area contributed by atoms with Crippen LogP contribution in [0.25, 0.3) is 10.9 Å². The quantitative estimate of drug-likeness (QED) is 0.669. The first-order valence-electron chi connectivity index (χ1n) is 3.61. The third-order valence-corrected chi connectivity index (χ3v) is 3.39. The molecule has 1 heterocycles. The van der Waals surface area contributed by atoms with Gasteiger partial charge in [0.05, 0.1) is 5.52 Å². The number of H-pyrrole nitrogens is 1. The number of halogens is 2. The van der Waals surface area contributed by atoms with Crippen LogP contribution in [0.15, 0.2) is 18.3 Å². The second-order valence-corrected chi connectivity index (χ2v) is 5.19. The third-order valence-electron chi connectivity index (χ3n) is 1.91. The lowest BCUT2D eigenvalue weighted by Crippen LogP contribution is -1.78. The second-order valence-electron chi connectivity index (χ2n) is 2.78. The average Bonchev–Trinajstić information content (AvgIpc) is 2.33. The molecule has 0 aliphatic heterocycles. The minimum atomic E-state index is 1.26. The molecule has 0 saturated heterocycles. The fourth-order valence-electron chi connectivity index (χ4n) is 1.29. The van der Waals surface area contributed by atoms with Crippen molar-refractivity contribution in [2.45, 2.75) is 6.92 Å². The number of rotatable bonds is 0. The van der Waals surface area contributed by atoms with Crippen LogP contribution in [0, 0.1) is 14.1 Å². The predicted octanol–water partition coefficient (Wildman–Crippen LogP) is 3.69. The average molecular weight is 383 g/mol. The molecule has 62 valence electrons. The largest absolute Gasteiger partial charge is 0.360 e. The van der Waals surface area contributed by atoms with Crippen LogP contribution in [0.5, 0.6) is 0 Å². The van der Waals surface area contributed by atoms with Crippen LogP contribution >= 0.6 is 45.2 Å². The highest BCUT2D eigenvalue weighted by molar-refractivity contribution is 14.1. The van der Waals surface area contributed by atoms with Crippen molar-refractivity contribution in [3.63, 3.8) is 0 Å². The van der Waals surface area contributed by atoms with Gasteiger partial charge in [-0.2, -0.15) is 0 Å². The molecule has 2 rings (SSSR count). The summed E-state index contributed by atoms with van der Waals surface area (Å²) in [4.78, 5) is 3.27. The highest BCUT2D eigenvalue weighted by Gasteiger charge is 2.03. The number of nitrogens with one attached hydrogen (secondary N) is 1. The van der Waals surface area contributed by atoms with Crippen LogP contribution in [0.3, 0.4) is 0 Å². The number of fused-ring (bicyclic) bond motifs is 1. The smallest absolute Gasteiger partial charge is 0.0593 e. The number of hydrogen-bond acceptors (Lipinski definition) is 0. The number of hydrogen-bond donors (Lipinski definition) is 1. The summed E-state index contributed by atoms with van der Waals surface area (Å²) in [6, 6.07) is 4.39. The van der Waals surface area contributed by atoms with E-state index >= 15 is 0 Å². The number of aryl methyl sites for hydroxylation is 1. The normalized spacial score (nSPS) is 10.9. The van der Waals surface area contributed by atoms with Crippen LogP contribution in [-0.4, -0.2) is 4.98 Å². The van der Waals surface area contributed by atoms with E-state index in [0.29, 0.717) is 0 Å². The maximum Gasteiger partial charge on any atom is 0.0593 e. The van der Waals surface area contributed by atoms with Gasteiger partial charge in [0.15, 0.2) is 0 Å². The van der Waals surface area contributed by atoms with Crippen molar-refractivity contribution in [1.82, 2.24) is 4.98 Å². The zero-order valence-electron chi connectivity index (χ0n) is 6.49. The fourth-order valence-corrected chi connectivity index (χ4v) is 3.29. The Hall–Kier alpha value is 0.220. The summed E-state index contributed by atoms with van der Waals surface area (Å²) in [5.41, 5.74) is 2.58. The highest BCUT2D eigenvalue weighted by atomic mass is 127. The van der Waals surface area contributed by atoms with Crippen molar-refractivity contribution in [2.75, 3.05) is 0 Å². The van der Waals surface area contributed by atoms with Gasteiger partial charge in [0.25, 0.3) is 0 Å². The fraction of sp³-hybridized carbons (Fsp3) is 0.111.